The van der Waals surface area contributed by atoms with E-state index >= 15 is 0 Å². The fourth-order valence-corrected chi connectivity index (χ4v) is 10.4. The van der Waals surface area contributed by atoms with Gasteiger partial charge in [-0.05, 0) is 230 Å². The summed E-state index contributed by atoms with van der Waals surface area (Å²) in [6, 6.07) is 0. The monoisotopic (exact) mass is 1440 g/mol. The van der Waals surface area contributed by atoms with Crippen LogP contribution in [0.15, 0.2) is 0 Å². The Morgan fingerprint density at radius 1 is 0.257 bits per heavy atom. The summed E-state index contributed by atoms with van der Waals surface area (Å²) in [5, 5.41) is 0. The van der Waals surface area contributed by atoms with E-state index in [0.717, 1.165) is 89.9 Å². The van der Waals surface area contributed by atoms with Gasteiger partial charge in [-0.2, -0.15) is 0 Å². The molecule has 0 amide bonds. The third-order valence-corrected chi connectivity index (χ3v) is 20.5. The highest BCUT2D eigenvalue weighted by Gasteiger charge is 2.42. The van der Waals surface area contributed by atoms with Crippen LogP contribution in [0.1, 0.15) is 401 Å². The maximum absolute atomic E-state index is 12.2. The van der Waals surface area contributed by atoms with Gasteiger partial charge >= 0.3 is 35.8 Å². The van der Waals surface area contributed by atoms with Crippen LogP contribution in [0.25, 0.3) is 0 Å². The number of hydrogen-bond donors (Lipinski definition) is 0. The highest BCUT2D eigenvalue weighted by Crippen LogP contribution is 2.39. The number of esters is 6. The first-order valence-corrected chi connectivity index (χ1v) is 40.5. The van der Waals surface area contributed by atoms with E-state index in [1.807, 2.05) is 125 Å². The van der Waals surface area contributed by atoms with Crippen molar-refractivity contribution in [3.63, 3.8) is 0 Å². The van der Waals surface area contributed by atoms with Crippen LogP contribution in [0.2, 0.25) is 0 Å². The van der Waals surface area contributed by atoms with Crippen molar-refractivity contribution in [3.05, 3.63) is 0 Å². The predicted molar refractivity (Wildman–Crippen MR) is 433 cm³/mol. The molecule has 3 unspecified atom stereocenters. The number of rotatable bonds is 35. The molecule has 0 aliphatic heterocycles. The van der Waals surface area contributed by atoms with E-state index in [9.17, 15) is 28.8 Å². The summed E-state index contributed by atoms with van der Waals surface area (Å²) in [7, 11) is 0. The van der Waals surface area contributed by atoms with Gasteiger partial charge in [0.05, 0.1) is 32.5 Å². The highest BCUT2D eigenvalue weighted by atomic mass is 16.6. The molecule has 12 nitrogen and oxygen atoms in total. The van der Waals surface area contributed by atoms with Gasteiger partial charge in [-0.3, -0.25) is 28.8 Å². The topological polar surface area (TPSA) is 158 Å². The number of ether oxygens (including phenoxy) is 6. The summed E-state index contributed by atoms with van der Waals surface area (Å²) in [5.41, 5.74) is -2.29. The second kappa shape index (κ2) is 49.6. The molecule has 0 rings (SSSR count). The van der Waals surface area contributed by atoms with Gasteiger partial charge in [0.1, 0.15) is 36.6 Å². The minimum atomic E-state index is -0.394. The molecular weight excluding hydrogens is 1260 g/mol. The molecule has 0 bridgehead atoms. The molecule has 0 heterocycles. The van der Waals surface area contributed by atoms with E-state index in [1.165, 1.54) is 0 Å². The standard InChI is InChI=1S/C17H34O2.3C15H30O2.C14H28O2.C13H26O2/c1-8-17(6,7)16(18)19-15(11-9-13(2)3)12-10-14(4)5;1-10-15(8,9)12(16)17-11(13(2,3)4)14(5,6)7;1-8-15(6,7)14(16)17-13(9-11(2)3)10-12(4)5;1-8-11(4)13(12(5)9-2)17-14(16)15(6,7)10-3;1-9-14(7,8)12(15)16-11(10(2)3)13(4,5)6;1-8-13(6,7)12(14)15-11(9(2)3)10(4)5/h13-15H,8-12H2,1-7H3;11H,10H2,1-9H3;2*11-13H,8-10H2,1-7H3;10-11H,9H2,1-8H3;9-11H,8H2,1-7H3. The van der Waals surface area contributed by atoms with E-state index < -0.39 is 5.41 Å². The van der Waals surface area contributed by atoms with Crippen LogP contribution in [-0.4, -0.2) is 72.4 Å². The normalized spacial score (nSPS) is 14.0. The summed E-state index contributed by atoms with van der Waals surface area (Å²) in [6.07, 6.45) is 13.3. The van der Waals surface area contributed by atoms with Crippen molar-refractivity contribution in [2.75, 3.05) is 0 Å². The number of carbonyl (C=O) groups is 6. The molecule has 3 atom stereocenters. The summed E-state index contributed by atoms with van der Waals surface area (Å²) in [4.78, 5) is 72.5. The van der Waals surface area contributed by atoms with Gasteiger partial charge in [-0.25, -0.2) is 0 Å². The average molecular weight is 1440 g/mol. The van der Waals surface area contributed by atoms with Crippen LogP contribution < -0.4 is 0 Å². The Morgan fingerprint density at radius 2 is 0.495 bits per heavy atom. The second-order valence-electron chi connectivity index (χ2n) is 39.6. The van der Waals surface area contributed by atoms with Crippen molar-refractivity contribution < 1.29 is 57.2 Å². The van der Waals surface area contributed by atoms with Gasteiger partial charge in [-0.15, -0.1) is 0 Å². The lowest BCUT2D eigenvalue weighted by atomic mass is 9.74. The minimum Gasteiger partial charge on any atom is -0.462 e. The van der Waals surface area contributed by atoms with Crippen LogP contribution in [0, 0.1) is 102 Å². The molecule has 0 aliphatic rings. The Bertz CT molecular complexity index is 2160. The van der Waals surface area contributed by atoms with Crippen molar-refractivity contribution in [2.45, 2.75) is 438 Å². The molecule has 0 N–H and O–H groups in total. The van der Waals surface area contributed by atoms with Crippen molar-refractivity contribution in [1.82, 2.24) is 0 Å². The van der Waals surface area contributed by atoms with Crippen molar-refractivity contribution in [2.24, 2.45) is 102 Å². The molecule has 0 aromatic rings. The Hall–Kier alpha value is -3.18. The van der Waals surface area contributed by atoms with Crippen molar-refractivity contribution in [1.29, 1.82) is 0 Å². The zero-order chi connectivity index (χ0) is 81.8. The van der Waals surface area contributed by atoms with Crippen LogP contribution in [0.5, 0.6) is 0 Å². The van der Waals surface area contributed by atoms with E-state index in [2.05, 4.69) is 187 Å². The van der Waals surface area contributed by atoms with E-state index in [-0.39, 0.29) is 116 Å². The molecule has 0 saturated heterocycles. The Kier molecular flexibility index (Phi) is 53.5. The van der Waals surface area contributed by atoms with Gasteiger partial charge in [0.2, 0.25) is 0 Å². The molecule has 101 heavy (non-hydrogen) atoms. The Morgan fingerprint density at radius 3 is 0.703 bits per heavy atom. The summed E-state index contributed by atoms with van der Waals surface area (Å²) in [6.45, 7) is 93.4. The lowest BCUT2D eigenvalue weighted by Gasteiger charge is -2.41. The minimum absolute atomic E-state index is 0.00630. The molecule has 0 saturated carbocycles. The van der Waals surface area contributed by atoms with E-state index in [4.69, 9.17) is 28.4 Å². The predicted octanol–water partition coefficient (Wildman–Crippen LogP) is 26.2. The van der Waals surface area contributed by atoms with Crippen LogP contribution in [-0.2, 0) is 57.2 Å². The van der Waals surface area contributed by atoms with Gasteiger partial charge in [0, 0.05) is 0 Å². The molecule has 0 spiro atoms. The fraction of sp³-hybridized carbons (Fsp3) is 0.933. The van der Waals surface area contributed by atoms with Crippen LogP contribution in [0.4, 0.5) is 0 Å². The molecule has 0 aromatic carbocycles. The van der Waals surface area contributed by atoms with Gasteiger partial charge in [0.15, 0.2) is 0 Å². The maximum atomic E-state index is 12.2. The van der Waals surface area contributed by atoms with Gasteiger partial charge in [0.25, 0.3) is 0 Å². The quantitative estimate of drug-likeness (QED) is 0.0437. The summed E-state index contributed by atoms with van der Waals surface area (Å²) >= 11 is 0. The van der Waals surface area contributed by atoms with Gasteiger partial charge < -0.3 is 28.4 Å². The fourth-order valence-electron chi connectivity index (χ4n) is 10.4. The van der Waals surface area contributed by atoms with E-state index in [0.29, 0.717) is 53.3 Å². The Labute approximate surface area is 630 Å². The molecule has 0 fully saturated rings. The smallest absolute Gasteiger partial charge is 0.311 e. The van der Waals surface area contributed by atoms with Crippen LogP contribution in [0.3, 0.4) is 0 Å². The molecule has 0 radical (unpaired) electrons. The zero-order valence-corrected chi connectivity index (χ0v) is 76.0. The molecule has 606 valence electrons. The summed E-state index contributed by atoms with van der Waals surface area (Å²) in [5.74, 6) is 4.05. The largest absolute Gasteiger partial charge is 0.462 e. The number of hydrogen-bond acceptors (Lipinski definition) is 12. The van der Waals surface area contributed by atoms with Crippen molar-refractivity contribution in [3.8, 4) is 0 Å². The van der Waals surface area contributed by atoms with Crippen LogP contribution >= 0.6 is 0 Å². The Balaban J connectivity index is -0.000000268. The van der Waals surface area contributed by atoms with E-state index in [1.54, 1.807) is 0 Å². The second-order valence-corrected chi connectivity index (χ2v) is 39.6. The van der Waals surface area contributed by atoms with Gasteiger partial charge in [-0.1, -0.05) is 241 Å². The number of carbonyl (C=O) groups excluding carboxylic acids is 6. The first-order valence-electron chi connectivity index (χ1n) is 40.5. The first kappa shape index (κ1) is 109. The first-order chi connectivity index (χ1) is 45.2. The molecule has 12 heteroatoms. The van der Waals surface area contributed by atoms with Crippen molar-refractivity contribution >= 4 is 35.8 Å². The molecule has 0 aliphatic carbocycles. The maximum Gasteiger partial charge on any atom is 0.311 e. The SMILES string of the molecule is CCC(C)(C)C(=O)OC(C(C)(C)C)C(C)(C)C.CCC(C)(C)C(=O)OC(C(C)C)C(C)(C)C.CCC(C)(C)C(=O)OC(C(C)C)C(C)C.CCC(C)(C)C(=O)OC(CC(C)C)CC(C)C.CCC(C)(C)C(=O)OC(CCC(C)C)CCC(C)C.CCC(C)C(OC(=O)C(C)(C)CC)C(C)CC. The zero-order valence-electron chi connectivity index (χ0n) is 76.0. The third-order valence-electron chi connectivity index (χ3n) is 20.5. The third kappa shape index (κ3) is 47.9. The summed E-state index contributed by atoms with van der Waals surface area (Å²) < 4.78 is 34.3. The lowest BCUT2D eigenvalue weighted by Crippen LogP contribution is -2.44. The lowest BCUT2D eigenvalue weighted by molar-refractivity contribution is -0.174. The molecule has 0 aromatic heterocycles. The highest BCUT2D eigenvalue weighted by molar-refractivity contribution is 5.78. The molecular formula is C89H178O12. The average Bonchev–Trinajstić information content (AvgIpc) is 0.823.